The molecule has 4 rings (SSSR count). The summed E-state index contributed by atoms with van der Waals surface area (Å²) in [5.74, 6) is -0.411. The minimum Gasteiger partial charge on any atom is -0.312 e. The number of hydrazine groups is 1. The van der Waals surface area contributed by atoms with Crippen molar-refractivity contribution in [3.8, 4) is 0 Å². The fourth-order valence-corrected chi connectivity index (χ4v) is 4.72. The Labute approximate surface area is 161 Å². The van der Waals surface area contributed by atoms with E-state index in [1.807, 2.05) is 30.3 Å². The zero-order valence-corrected chi connectivity index (χ0v) is 15.7. The van der Waals surface area contributed by atoms with E-state index in [1.54, 1.807) is 4.90 Å². The Morgan fingerprint density at radius 1 is 1.04 bits per heavy atom. The first kappa shape index (κ1) is 17.7. The summed E-state index contributed by atoms with van der Waals surface area (Å²) in [6, 6.07) is 9.32. The first-order valence-corrected chi connectivity index (χ1v) is 10.0. The summed E-state index contributed by atoms with van der Waals surface area (Å²) in [5.41, 5.74) is 7.91. The highest BCUT2D eigenvalue weighted by Gasteiger charge is 2.21. The van der Waals surface area contributed by atoms with E-state index in [2.05, 4.69) is 10.9 Å². The maximum Gasteiger partial charge on any atom is 0.279 e. The highest BCUT2D eigenvalue weighted by Crippen LogP contribution is 2.30. The van der Waals surface area contributed by atoms with E-state index in [0.717, 1.165) is 43.5 Å². The molecule has 7 heteroatoms. The molecule has 2 heterocycles. The van der Waals surface area contributed by atoms with Crippen LogP contribution in [0.3, 0.4) is 0 Å². The van der Waals surface area contributed by atoms with Gasteiger partial charge in [-0.3, -0.25) is 25.2 Å². The van der Waals surface area contributed by atoms with Gasteiger partial charge in [-0.1, -0.05) is 12.1 Å². The van der Waals surface area contributed by atoms with Gasteiger partial charge >= 0.3 is 0 Å². The number of carbonyl (C=O) groups excluding carboxylic acids is 3. The Bertz CT molecular complexity index is 867. The Morgan fingerprint density at radius 3 is 2.56 bits per heavy atom. The van der Waals surface area contributed by atoms with E-state index in [1.165, 1.54) is 21.8 Å². The van der Waals surface area contributed by atoms with Crippen molar-refractivity contribution in [2.24, 2.45) is 0 Å². The number of amides is 3. The number of rotatable bonds is 4. The molecule has 0 spiro atoms. The van der Waals surface area contributed by atoms with Crippen LogP contribution in [0.5, 0.6) is 0 Å². The van der Waals surface area contributed by atoms with E-state index in [4.69, 9.17) is 0 Å². The summed E-state index contributed by atoms with van der Waals surface area (Å²) in [7, 11) is 0. The summed E-state index contributed by atoms with van der Waals surface area (Å²) in [5, 5.41) is 0. The molecule has 3 amide bonds. The minimum atomic E-state index is -0.280. The molecule has 2 aliphatic rings. The normalized spacial score (nSPS) is 15.7. The third-order valence-corrected chi connectivity index (χ3v) is 6.21. The Morgan fingerprint density at radius 2 is 1.85 bits per heavy atom. The molecule has 1 aromatic heterocycles. The van der Waals surface area contributed by atoms with Crippen LogP contribution in [-0.4, -0.2) is 24.3 Å². The van der Waals surface area contributed by atoms with Gasteiger partial charge in [-0.15, -0.1) is 11.3 Å². The zero-order chi connectivity index (χ0) is 18.8. The van der Waals surface area contributed by atoms with Gasteiger partial charge in [0.1, 0.15) is 0 Å². The molecule has 1 aromatic carbocycles. The van der Waals surface area contributed by atoms with Crippen molar-refractivity contribution in [3.05, 3.63) is 51.2 Å². The predicted molar refractivity (Wildman–Crippen MR) is 104 cm³/mol. The van der Waals surface area contributed by atoms with Crippen molar-refractivity contribution in [2.75, 3.05) is 11.4 Å². The Hall–Kier alpha value is -2.67. The van der Waals surface area contributed by atoms with Crippen LogP contribution in [0, 0.1) is 0 Å². The van der Waals surface area contributed by atoms with Gasteiger partial charge in [-0.05, 0) is 55.0 Å². The summed E-state index contributed by atoms with van der Waals surface area (Å²) in [6.07, 6.45) is 4.87. The van der Waals surface area contributed by atoms with Crippen LogP contribution in [0.15, 0.2) is 30.3 Å². The molecule has 0 radical (unpaired) electrons. The molecule has 2 aromatic rings. The second-order valence-corrected chi connectivity index (χ2v) is 8.04. The number of nitrogens with zero attached hydrogens (tertiary/aromatic N) is 1. The van der Waals surface area contributed by atoms with Gasteiger partial charge in [0.2, 0.25) is 11.8 Å². The molecule has 0 atom stereocenters. The number of aryl methyl sites for hydroxylation is 2. The van der Waals surface area contributed by atoms with Crippen LogP contribution >= 0.6 is 11.3 Å². The Kier molecular flexibility index (Phi) is 4.94. The lowest BCUT2D eigenvalue weighted by Crippen LogP contribution is -2.42. The van der Waals surface area contributed by atoms with Crippen LogP contribution in [0.1, 0.15) is 44.9 Å². The molecule has 0 saturated carbocycles. The van der Waals surface area contributed by atoms with E-state index < -0.39 is 0 Å². The molecule has 27 heavy (non-hydrogen) atoms. The molecule has 1 saturated heterocycles. The average Bonchev–Trinajstić information content (AvgIpc) is 3.36. The van der Waals surface area contributed by atoms with Crippen molar-refractivity contribution in [3.63, 3.8) is 0 Å². The number of nitrogens with one attached hydrogen (secondary N) is 2. The van der Waals surface area contributed by atoms with Crippen LogP contribution in [0.4, 0.5) is 5.69 Å². The number of hydrogen-bond donors (Lipinski definition) is 2. The molecule has 2 N–H and O–H groups in total. The van der Waals surface area contributed by atoms with Crippen LogP contribution in [-0.2, 0) is 28.9 Å². The molecule has 1 aliphatic carbocycles. The fourth-order valence-electron chi connectivity index (χ4n) is 3.57. The SMILES string of the molecule is O=C(Cc1ccc(N2CCCC2=O)cc1)NNC(=O)c1cc2c(s1)CCC2. The zero-order valence-electron chi connectivity index (χ0n) is 14.9. The van der Waals surface area contributed by atoms with Crippen LogP contribution in [0.2, 0.25) is 0 Å². The molecule has 6 nitrogen and oxygen atoms in total. The van der Waals surface area contributed by atoms with E-state index in [9.17, 15) is 14.4 Å². The smallest absolute Gasteiger partial charge is 0.279 e. The van der Waals surface area contributed by atoms with Crippen molar-refractivity contribution in [2.45, 2.75) is 38.5 Å². The summed E-state index contributed by atoms with van der Waals surface area (Å²) in [6.45, 7) is 0.747. The first-order valence-electron chi connectivity index (χ1n) is 9.20. The molecular weight excluding hydrogens is 362 g/mol. The van der Waals surface area contributed by atoms with Gasteiger partial charge in [0.05, 0.1) is 11.3 Å². The van der Waals surface area contributed by atoms with E-state index >= 15 is 0 Å². The maximum absolute atomic E-state index is 12.2. The number of carbonyl (C=O) groups is 3. The molecular formula is C20H21N3O3S. The van der Waals surface area contributed by atoms with E-state index in [-0.39, 0.29) is 24.1 Å². The van der Waals surface area contributed by atoms with Crippen molar-refractivity contribution >= 4 is 34.7 Å². The fraction of sp³-hybridized carbons (Fsp3) is 0.350. The van der Waals surface area contributed by atoms with Gasteiger partial charge in [0, 0.05) is 23.5 Å². The summed E-state index contributed by atoms with van der Waals surface area (Å²) in [4.78, 5) is 39.7. The third kappa shape index (κ3) is 3.88. The van der Waals surface area contributed by atoms with Crippen molar-refractivity contribution < 1.29 is 14.4 Å². The quantitative estimate of drug-likeness (QED) is 0.796. The monoisotopic (exact) mass is 383 g/mol. The highest BCUT2D eigenvalue weighted by molar-refractivity contribution is 7.14. The second kappa shape index (κ2) is 7.52. The van der Waals surface area contributed by atoms with Crippen LogP contribution in [0.25, 0.3) is 0 Å². The number of benzene rings is 1. The topological polar surface area (TPSA) is 78.5 Å². The lowest BCUT2D eigenvalue weighted by molar-refractivity contribution is -0.121. The van der Waals surface area contributed by atoms with Crippen molar-refractivity contribution in [1.82, 2.24) is 10.9 Å². The average molecular weight is 383 g/mol. The molecule has 1 fully saturated rings. The lowest BCUT2D eigenvalue weighted by atomic mass is 10.1. The first-order chi connectivity index (χ1) is 13.1. The Balaban J connectivity index is 1.28. The van der Waals surface area contributed by atoms with Gasteiger partial charge < -0.3 is 4.90 Å². The van der Waals surface area contributed by atoms with Gasteiger partial charge in [-0.25, -0.2) is 0 Å². The highest BCUT2D eigenvalue weighted by atomic mass is 32.1. The molecule has 0 unspecified atom stereocenters. The second-order valence-electron chi connectivity index (χ2n) is 6.91. The standard InChI is InChI=1S/C20H21N3O3S/c24-18(21-22-20(26)17-12-14-3-1-4-16(14)27-17)11-13-6-8-15(9-7-13)23-10-2-5-19(23)25/h6-9,12H,1-5,10-11H2,(H,21,24)(H,22,26). The van der Waals surface area contributed by atoms with Gasteiger partial charge in [0.25, 0.3) is 5.91 Å². The van der Waals surface area contributed by atoms with Gasteiger partial charge in [0.15, 0.2) is 0 Å². The van der Waals surface area contributed by atoms with Crippen molar-refractivity contribution in [1.29, 1.82) is 0 Å². The predicted octanol–water partition coefficient (Wildman–Crippen LogP) is 2.37. The molecule has 140 valence electrons. The molecule has 1 aliphatic heterocycles. The minimum absolute atomic E-state index is 0.141. The van der Waals surface area contributed by atoms with E-state index in [0.29, 0.717) is 11.3 Å². The number of anilines is 1. The summed E-state index contributed by atoms with van der Waals surface area (Å²) < 4.78 is 0. The summed E-state index contributed by atoms with van der Waals surface area (Å²) >= 11 is 1.50. The lowest BCUT2D eigenvalue weighted by Gasteiger charge is -2.15. The third-order valence-electron chi connectivity index (χ3n) is 4.97. The number of hydrogen-bond acceptors (Lipinski definition) is 4. The van der Waals surface area contributed by atoms with Crippen LogP contribution < -0.4 is 15.8 Å². The maximum atomic E-state index is 12.2. The number of thiophene rings is 1. The molecule has 0 bridgehead atoms. The van der Waals surface area contributed by atoms with Gasteiger partial charge in [-0.2, -0.15) is 0 Å². The largest absolute Gasteiger partial charge is 0.312 e. The number of fused-ring (bicyclic) bond motifs is 1.